The topological polar surface area (TPSA) is 94.1 Å². The summed E-state index contributed by atoms with van der Waals surface area (Å²) in [6.45, 7) is 5.18. The van der Waals surface area contributed by atoms with Crippen LogP contribution in [-0.4, -0.2) is 70.7 Å². The molecule has 372 valence electrons. The summed E-state index contributed by atoms with van der Waals surface area (Å²) in [7, 11) is 1.30. The zero-order valence-electron chi connectivity index (χ0n) is 42.1. The van der Waals surface area contributed by atoms with E-state index < -0.39 is 13.9 Å². The number of nitrogens with zero attached hydrogens (tertiary/aromatic N) is 1. The van der Waals surface area contributed by atoms with Gasteiger partial charge in [0.1, 0.15) is 19.3 Å². The molecule has 2 unspecified atom stereocenters. The number of rotatable bonds is 46. The lowest BCUT2D eigenvalue weighted by Gasteiger charge is -2.28. The number of ether oxygens (including phenoxy) is 2. The maximum atomic E-state index is 12.7. The van der Waals surface area contributed by atoms with E-state index in [0.717, 1.165) is 89.9 Å². The van der Waals surface area contributed by atoms with E-state index in [1.54, 1.807) is 0 Å². The maximum absolute atomic E-state index is 12.7. The van der Waals surface area contributed by atoms with Crippen molar-refractivity contribution in [2.24, 2.45) is 0 Å². The van der Waals surface area contributed by atoms with Gasteiger partial charge >= 0.3 is 5.97 Å². The summed E-state index contributed by atoms with van der Waals surface area (Å²) < 4.78 is 34.7. The van der Waals surface area contributed by atoms with Crippen LogP contribution >= 0.6 is 7.82 Å². The summed E-state index contributed by atoms with van der Waals surface area (Å²) in [5, 5.41) is 0. The molecule has 0 rings (SSSR count). The summed E-state index contributed by atoms with van der Waals surface area (Å²) in [5.74, 6) is -0.383. The Morgan fingerprint density at radius 3 is 1.34 bits per heavy atom. The number of hydrogen-bond donors (Lipinski definition) is 0. The van der Waals surface area contributed by atoms with Crippen molar-refractivity contribution < 1.29 is 37.3 Å². The van der Waals surface area contributed by atoms with Crippen molar-refractivity contribution in [3.63, 3.8) is 0 Å². The van der Waals surface area contributed by atoms with Gasteiger partial charge in [-0.15, -0.1) is 0 Å². The highest BCUT2D eigenvalue weighted by molar-refractivity contribution is 7.45. The number of unbranched alkanes of at least 4 members (excludes halogenated alkanes) is 14. The first-order chi connectivity index (χ1) is 31.6. The molecule has 0 aromatic heterocycles. The largest absolute Gasteiger partial charge is 0.756 e. The van der Waals surface area contributed by atoms with Gasteiger partial charge in [-0.3, -0.25) is 9.36 Å². The fourth-order valence-electron chi connectivity index (χ4n) is 6.38. The van der Waals surface area contributed by atoms with Gasteiger partial charge in [-0.05, 0) is 103 Å². The van der Waals surface area contributed by atoms with Crippen molar-refractivity contribution in [1.29, 1.82) is 0 Å². The molecule has 0 spiro atoms. The molecule has 9 heteroatoms. The second kappa shape index (κ2) is 47.6. The number of allylic oxidation sites excluding steroid dienone is 18. The second-order valence-corrected chi connectivity index (χ2v) is 19.2. The molecule has 0 saturated carbocycles. The number of hydrogen-bond acceptors (Lipinski definition) is 7. The van der Waals surface area contributed by atoms with Crippen LogP contribution < -0.4 is 4.89 Å². The Hall–Kier alpha value is -2.84. The van der Waals surface area contributed by atoms with Crippen LogP contribution in [0.5, 0.6) is 0 Å². The Balaban J connectivity index is 4.30. The third kappa shape index (κ3) is 52.0. The van der Waals surface area contributed by atoms with E-state index in [0.29, 0.717) is 24.1 Å². The summed E-state index contributed by atoms with van der Waals surface area (Å²) >= 11 is 0. The van der Waals surface area contributed by atoms with E-state index in [1.807, 2.05) is 21.1 Å². The molecule has 0 aromatic carbocycles. The van der Waals surface area contributed by atoms with Crippen molar-refractivity contribution in [2.45, 2.75) is 187 Å². The highest BCUT2D eigenvalue weighted by Gasteiger charge is 2.20. The van der Waals surface area contributed by atoms with Gasteiger partial charge in [0.2, 0.25) is 0 Å². The van der Waals surface area contributed by atoms with Gasteiger partial charge in [-0.2, -0.15) is 0 Å². The normalized spacial score (nSPS) is 14.5. The third-order valence-electron chi connectivity index (χ3n) is 10.3. The maximum Gasteiger partial charge on any atom is 0.306 e. The lowest BCUT2D eigenvalue weighted by Crippen LogP contribution is -2.37. The molecule has 0 radical (unpaired) electrons. The predicted octanol–water partition coefficient (Wildman–Crippen LogP) is 15.3. The van der Waals surface area contributed by atoms with Gasteiger partial charge in [-0.25, -0.2) is 0 Å². The number of phosphoric acid groups is 1. The fourth-order valence-corrected chi connectivity index (χ4v) is 7.11. The molecule has 0 fully saturated rings. The molecule has 0 aliphatic carbocycles. The van der Waals surface area contributed by atoms with Gasteiger partial charge in [0, 0.05) is 13.0 Å². The first kappa shape index (κ1) is 62.2. The highest BCUT2D eigenvalue weighted by Crippen LogP contribution is 2.38. The van der Waals surface area contributed by atoms with Crippen LogP contribution in [0.4, 0.5) is 0 Å². The van der Waals surface area contributed by atoms with E-state index in [4.69, 9.17) is 18.5 Å². The van der Waals surface area contributed by atoms with Crippen molar-refractivity contribution in [2.75, 3.05) is 54.1 Å². The van der Waals surface area contributed by atoms with E-state index in [-0.39, 0.29) is 32.2 Å². The molecule has 0 heterocycles. The Morgan fingerprint density at radius 1 is 0.492 bits per heavy atom. The number of carbonyl (C=O) groups excluding carboxylic acids is 1. The van der Waals surface area contributed by atoms with Gasteiger partial charge in [-0.1, -0.05) is 181 Å². The standard InChI is InChI=1S/C56H96NO7P/c1-6-8-10-12-14-16-18-20-22-24-26-28-30-32-34-36-38-40-42-44-46-48-51-61-53-55(54-63-65(59,60)62-52-50-57(3,4)5)64-56(58)49-47-45-43-41-39-37-35-33-31-29-27-25-23-21-19-17-15-13-11-9-7-2/h9,11,15,17-18,20-21,23-24,26-27,29-30,32-33,35,39,41,55H,6-8,10,12-14,16,19,22,25,28,31,34,36-38,40,42-54H2,1-5H3/b11-9-,17-15-,20-18-,23-21-,26-24-,29-27-,32-30-,35-33-,41-39-. The molecule has 0 saturated heterocycles. The van der Waals surface area contributed by atoms with Crippen LogP contribution in [0.15, 0.2) is 109 Å². The molecule has 2 atom stereocenters. The quantitative estimate of drug-likeness (QED) is 0.0197. The molecule has 8 nitrogen and oxygen atoms in total. The van der Waals surface area contributed by atoms with E-state index in [1.165, 1.54) is 64.2 Å². The smallest absolute Gasteiger partial charge is 0.306 e. The van der Waals surface area contributed by atoms with Crippen LogP contribution in [0.25, 0.3) is 0 Å². The van der Waals surface area contributed by atoms with Gasteiger partial charge in [0.15, 0.2) is 0 Å². The minimum atomic E-state index is -4.56. The first-order valence-electron chi connectivity index (χ1n) is 25.6. The van der Waals surface area contributed by atoms with E-state index in [2.05, 4.69) is 123 Å². The summed E-state index contributed by atoms with van der Waals surface area (Å²) in [6, 6.07) is 0. The number of carbonyl (C=O) groups is 1. The fraction of sp³-hybridized carbons (Fsp3) is 0.661. The molecule has 0 amide bonds. The lowest BCUT2D eigenvalue weighted by molar-refractivity contribution is -0.870. The number of quaternary nitrogens is 1. The number of phosphoric ester groups is 1. The van der Waals surface area contributed by atoms with Crippen LogP contribution in [0.3, 0.4) is 0 Å². The Morgan fingerprint density at radius 2 is 0.892 bits per heavy atom. The van der Waals surface area contributed by atoms with Crippen molar-refractivity contribution in [3.8, 4) is 0 Å². The van der Waals surface area contributed by atoms with E-state index >= 15 is 0 Å². The Bertz CT molecular complexity index is 1400. The SMILES string of the molecule is CC/C=C\C/C=C\C/C=C\C/C=C\C/C=C\C/C=C\CCCCC(=O)OC(COCCCCCCCCC/C=C\C/C=C\C/C=C\CCCCCCC)COP(=O)([O-])OCC[N+](C)(C)C. The highest BCUT2D eigenvalue weighted by atomic mass is 31.2. The minimum Gasteiger partial charge on any atom is -0.756 e. The zero-order valence-corrected chi connectivity index (χ0v) is 43.0. The van der Waals surface area contributed by atoms with Crippen LogP contribution in [-0.2, 0) is 27.9 Å². The van der Waals surface area contributed by atoms with Crippen LogP contribution in [0.2, 0.25) is 0 Å². The molecule has 0 aliphatic heterocycles. The third-order valence-corrected chi connectivity index (χ3v) is 11.3. The summed E-state index contributed by atoms with van der Waals surface area (Å²) in [5.41, 5.74) is 0. The second-order valence-electron chi connectivity index (χ2n) is 17.8. The van der Waals surface area contributed by atoms with E-state index in [9.17, 15) is 14.3 Å². The number of esters is 1. The van der Waals surface area contributed by atoms with Gasteiger partial charge in [0.05, 0.1) is 34.4 Å². The predicted molar refractivity (Wildman–Crippen MR) is 277 cm³/mol. The molecular weight excluding hydrogens is 830 g/mol. The first-order valence-corrected chi connectivity index (χ1v) is 27.1. The Kier molecular flexibility index (Phi) is 45.6. The van der Waals surface area contributed by atoms with Crippen molar-refractivity contribution in [3.05, 3.63) is 109 Å². The summed E-state index contributed by atoms with van der Waals surface area (Å²) in [6.07, 6.45) is 66.9. The molecule has 65 heavy (non-hydrogen) atoms. The number of likely N-dealkylation sites (N-methyl/N-ethyl adjacent to an activating group) is 1. The molecule has 0 bridgehead atoms. The van der Waals surface area contributed by atoms with Gasteiger partial charge in [0.25, 0.3) is 7.82 Å². The molecular formula is C56H96NO7P. The van der Waals surface area contributed by atoms with Crippen molar-refractivity contribution >= 4 is 13.8 Å². The zero-order chi connectivity index (χ0) is 47.6. The van der Waals surface area contributed by atoms with Crippen LogP contribution in [0, 0.1) is 0 Å². The monoisotopic (exact) mass is 926 g/mol. The molecule has 0 N–H and O–H groups in total. The molecule has 0 aliphatic rings. The minimum absolute atomic E-state index is 0.00862. The van der Waals surface area contributed by atoms with Crippen molar-refractivity contribution in [1.82, 2.24) is 0 Å². The summed E-state index contributed by atoms with van der Waals surface area (Å²) in [4.78, 5) is 25.2. The molecule has 0 aromatic rings. The van der Waals surface area contributed by atoms with Crippen LogP contribution in [0.1, 0.15) is 181 Å². The Labute approximate surface area is 400 Å². The average molecular weight is 926 g/mol. The lowest BCUT2D eigenvalue weighted by atomic mass is 10.1. The average Bonchev–Trinajstić information content (AvgIpc) is 3.27. The van der Waals surface area contributed by atoms with Gasteiger partial charge < -0.3 is 27.9 Å².